The maximum atomic E-state index is 12.3. The summed E-state index contributed by atoms with van der Waals surface area (Å²) in [5.74, 6) is 0.146. The highest BCUT2D eigenvalue weighted by Gasteiger charge is 2.33. The van der Waals surface area contributed by atoms with Crippen LogP contribution in [0.1, 0.15) is 30.1 Å². The van der Waals surface area contributed by atoms with E-state index < -0.39 is 0 Å². The molecule has 92 valence electrons. The van der Waals surface area contributed by atoms with Crippen LogP contribution in [0.4, 0.5) is 0 Å². The highest BCUT2D eigenvalue weighted by molar-refractivity contribution is 5.98. The summed E-state index contributed by atoms with van der Waals surface area (Å²) in [5, 5.41) is 9.93. The minimum atomic E-state index is -0.119. The van der Waals surface area contributed by atoms with Gasteiger partial charge in [0, 0.05) is 12.6 Å². The number of ether oxygens (including phenoxy) is 1. The normalized spacial score (nSPS) is 14.5. The lowest BCUT2D eigenvalue weighted by atomic mass is 10.1. The molecule has 0 unspecified atom stereocenters. The molecule has 0 atom stereocenters. The molecule has 0 saturated heterocycles. The zero-order chi connectivity index (χ0) is 12.4. The Morgan fingerprint density at radius 2 is 2.24 bits per heavy atom. The van der Waals surface area contributed by atoms with Crippen LogP contribution in [-0.2, 0) is 0 Å². The van der Waals surface area contributed by atoms with Crippen molar-refractivity contribution < 1.29 is 14.6 Å². The topological polar surface area (TPSA) is 49.8 Å². The fraction of sp³-hybridized carbons (Fsp3) is 0.462. The van der Waals surface area contributed by atoms with Crippen molar-refractivity contribution in [3.05, 3.63) is 23.8 Å². The van der Waals surface area contributed by atoms with E-state index in [0.29, 0.717) is 23.9 Å². The molecule has 1 N–H and O–H groups in total. The van der Waals surface area contributed by atoms with E-state index in [2.05, 4.69) is 0 Å². The Balaban J connectivity index is 2.29. The Kier molecular flexibility index (Phi) is 3.22. The van der Waals surface area contributed by atoms with Gasteiger partial charge in [0.1, 0.15) is 0 Å². The number of nitrogens with zero attached hydrogens (tertiary/aromatic N) is 1. The molecule has 1 aliphatic rings. The van der Waals surface area contributed by atoms with E-state index in [0.717, 1.165) is 12.8 Å². The van der Waals surface area contributed by atoms with Crippen LogP contribution in [0.15, 0.2) is 18.2 Å². The van der Waals surface area contributed by atoms with Crippen LogP contribution in [0.3, 0.4) is 0 Å². The molecule has 0 spiro atoms. The summed E-state index contributed by atoms with van der Waals surface area (Å²) in [6.45, 7) is 2.62. The van der Waals surface area contributed by atoms with Gasteiger partial charge in [-0.15, -0.1) is 0 Å². The first-order valence-electron chi connectivity index (χ1n) is 5.86. The van der Waals surface area contributed by atoms with Crippen molar-refractivity contribution in [2.24, 2.45) is 0 Å². The van der Waals surface area contributed by atoms with E-state index >= 15 is 0 Å². The molecule has 0 heterocycles. The number of hydrogen-bond acceptors (Lipinski definition) is 3. The molecule has 1 aromatic rings. The van der Waals surface area contributed by atoms with Crippen molar-refractivity contribution in [1.29, 1.82) is 0 Å². The summed E-state index contributed by atoms with van der Waals surface area (Å²) >= 11 is 0. The molecule has 0 radical (unpaired) electrons. The van der Waals surface area contributed by atoms with Gasteiger partial charge in [0.15, 0.2) is 11.5 Å². The van der Waals surface area contributed by atoms with Crippen molar-refractivity contribution in [1.82, 2.24) is 4.90 Å². The van der Waals surface area contributed by atoms with Crippen LogP contribution in [-0.4, -0.2) is 35.6 Å². The van der Waals surface area contributed by atoms with Crippen LogP contribution in [0, 0.1) is 0 Å². The lowest BCUT2D eigenvalue weighted by Gasteiger charge is -2.21. The van der Waals surface area contributed by atoms with Gasteiger partial charge in [0.2, 0.25) is 0 Å². The van der Waals surface area contributed by atoms with Crippen molar-refractivity contribution in [2.45, 2.75) is 25.8 Å². The predicted octanol–water partition coefficient (Wildman–Crippen LogP) is 2.03. The lowest BCUT2D eigenvalue weighted by molar-refractivity contribution is 0.0749. The molecule has 1 aliphatic carbocycles. The Hall–Kier alpha value is -1.71. The molecule has 1 aromatic carbocycles. The van der Waals surface area contributed by atoms with Crippen LogP contribution in [0.25, 0.3) is 0 Å². The number of methoxy groups -OCH3 is 1. The Morgan fingerprint density at radius 1 is 1.53 bits per heavy atom. The molecule has 4 nitrogen and oxygen atoms in total. The van der Waals surface area contributed by atoms with E-state index in [9.17, 15) is 9.90 Å². The third-order valence-corrected chi connectivity index (χ3v) is 3.04. The molecular weight excluding hydrogens is 218 g/mol. The molecule has 0 bridgehead atoms. The summed E-state index contributed by atoms with van der Waals surface area (Å²) in [6.07, 6.45) is 2.12. The lowest BCUT2D eigenvalue weighted by Crippen LogP contribution is -2.32. The van der Waals surface area contributed by atoms with Crippen LogP contribution < -0.4 is 4.74 Å². The minimum Gasteiger partial charge on any atom is -0.504 e. The minimum absolute atomic E-state index is 0.0703. The van der Waals surface area contributed by atoms with Gasteiger partial charge in [-0.05, 0) is 31.9 Å². The molecular formula is C13H17NO3. The summed E-state index contributed by atoms with van der Waals surface area (Å²) in [4.78, 5) is 14.1. The first kappa shape index (κ1) is 11.8. The zero-order valence-electron chi connectivity index (χ0n) is 10.1. The van der Waals surface area contributed by atoms with Gasteiger partial charge >= 0.3 is 0 Å². The number of amides is 1. The van der Waals surface area contributed by atoms with E-state index in [1.54, 1.807) is 23.1 Å². The molecule has 1 fully saturated rings. The average molecular weight is 235 g/mol. The Labute approximate surface area is 101 Å². The molecule has 4 heteroatoms. The van der Waals surface area contributed by atoms with Crippen LogP contribution in [0.5, 0.6) is 11.5 Å². The molecule has 17 heavy (non-hydrogen) atoms. The highest BCUT2D eigenvalue weighted by Crippen LogP contribution is 2.33. The summed E-state index contributed by atoms with van der Waals surface area (Å²) in [7, 11) is 1.47. The number of aromatic hydroxyl groups is 1. The second-order valence-electron chi connectivity index (χ2n) is 4.18. The van der Waals surface area contributed by atoms with Gasteiger partial charge < -0.3 is 14.7 Å². The van der Waals surface area contributed by atoms with Gasteiger partial charge in [-0.3, -0.25) is 4.79 Å². The first-order chi connectivity index (χ1) is 8.19. The van der Waals surface area contributed by atoms with E-state index in [1.165, 1.54) is 7.11 Å². The quantitative estimate of drug-likeness (QED) is 0.868. The van der Waals surface area contributed by atoms with Gasteiger partial charge in [0.25, 0.3) is 5.91 Å². The standard InChI is InChI=1S/C13H17NO3/c1-3-14(9-7-8-9)13(16)10-5-4-6-11(17-2)12(10)15/h4-6,9,15H,3,7-8H2,1-2H3. The van der Waals surface area contributed by atoms with E-state index in [1.807, 2.05) is 6.92 Å². The van der Waals surface area contributed by atoms with Crippen LogP contribution >= 0.6 is 0 Å². The SMILES string of the molecule is CCN(C(=O)c1cccc(OC)c1O)C1CC1. The molecule has 1 saturated carbocycles. The predicted molar refractivity (Wildman–Crippen MR) is 64.4 cm³/mol. The number of phenols is 1. The zero-order valence-corrected chi connectivity index (χ0v) is 10.1. The molecule has 0 aliphatic heterocycles. The van der Waals surface area contributed by atoms with E-state index in [-0.39, 0.29) is 11.7 Å². The van der Waals surface area contributed by atoms with Crippen molar-refractivity contribution in [3.63, 3.8) is 0 Å². The van der Waals surface area contributed by atoms with Gasteiger partial charge in [-0.2, -0.15) is 0 Å². The van der Waals surface area contributed by atoms with Gasteiger partial charge in [-0.25, -0.2) is 0 Å². The number of benzene rings is 1. The summed E-state index contributed by atoms with van der Waals surface area (Å²) in [6, 6.07) is 5.33. The van der Waals surface area contributed by atoms with Crippen LogP contribution in [0.2, 0.25) is 0 Å². The largest absolute Gasteiger partial charge is 0.504 e. The average Bonchev–Trinajstić information content (AvgIpc) is 3.14. The fourth-order valence-corrected chi connectivity index (χ4v) is 1.97. The van der Waals surface area contributed by atoms with Gasteiger partial charge in [0.05, 0.1) is 12.7 Å². The maximum Gasteiger partial charge on any atom is 0.257 e. The monoisotopic (exact) mass is 235 g/mol. The Bertz CT molecular complexity index is 427. The second-order valence-corrected chi connectivity index (χ2v) is 4.18. The molecule has 2 rings (SSSR count). The number of para-hydroxylation sites is 1. The van der Waals surface area contributed by atoms with Gasteiger partial charge in [-0.1, -0.05) is 6.07 Å². The van der Waals surface area contributed by atoms with Crippen molar-refractivity contribution in [3.8, 4) is 11.5 Å². The second kappa shape index (κ2) is 4.65. The number of hydrogen-bond donors (Lipinski definition) is 1. The third kappa shape index (κ3) is 2.20. The van der Waals surface area contributed by atoms with Crippen molar-refractivity contribution >= 4 is 5.91 Å². The highest BCUT2D eigenvalue weighted by atomic mass is 16.5. The number of carbonyl (C=O) groups excluding carboxylic acids is 1. The van der Waals surface area contributed by atoms with Crippen molar-refractivity contribution in [2.75, 3.05) is 13.7 Å². The molecule has 0 aromatic heterocycles. The number of rotatable bonds is 4. The summed E-state index contributed by atoms with van der Waals surface area (Å²) < 4.78 is 5.00. The summed E-state index contributed by atoms with van der Waals surface area (Å²) in [5.41, 5.74) is 0.318. The fourth-order valence-electron chi connectivity index (χ4n) is 1.97. The smallest absolute Gasteiger partial charge is 0.257 e. The first-order valence-corrected chi connectivity index (χ1v) is 5.86. The molecule has 1 amide bonds. The van der Waals surface area contributed by atoms with E-state index in [4.69, 9.17) is 4.74 Å². The maximum absolute atomic E-state index is 12.3. The third-order valence-electron chi connectivity index (χ3n) is 3.04. The number of carbonyl (C=O) groups is 1. The number of phenolic OH excluding ortho intramolecular Hbond substituents is 1. The Morgan fingerprint density at radius 3 is 2.76 bits per heavy atom.